The Labute approximate surface area is 214 Å². The quantitative estimate of drug-likeness (QED) is 0.359. The number of hydrogen-bond acceptors (Lipinski definition) is 5. The maximum absolute atomic E-state index is 13.5. The second-order valence-electron chi connectivity index (χ2n) is 9.38. The average molecular weight is 493 g/mol. The summed E-state index contributed by atoms with van der Waals surface area (Å²) in [7, 11) is 0. The summed E-state index contributed by atoms with van der Waals surface area (Å²) in [5.74, 6) is -0.976. The molecule has 4 nitrogen and oxygen atoms in total. The highest BCUT2D eigenvalue weighted by Crippen LogP contribution is 2.55. The summed E-state index contributed by atoms with van der Waals surface area (Å²) < 4.78 is 0. The third-order valence-electron chi connectivity index (χ3n) is 7.12. The van der Waals surface area contributed by atoms with Crippen LogP contribution in [0.25, 0.3) is 27.8 Å². The van der Waals surface area contributed by atoms with Crippen molar-refractivity contribution in [2.24, 2.45) is 0 Å². The summed E-state index contributed by atoms with van der Waals surface area (Å²) in [4.78, 5) is 16.8. The number of allylic oxidation sites excluding steroid dienone is 2. The number of aromatic hydroxyl groups is 1. The highest BCUT2D eigenvalue weighted by Gasteiger charge is 2.40. The van der Waals surface area contributed by atoms with Gasteiger partial charge < -0.3 is 15.1 Å². The Balaban J connectivity index is 1.57. The van der Waals surface area contributed by atoms with Crippen LogP contribution in [0.5, 0.6) is 5.75 Å². The maximum Gasteiger partial charge on any atom is 0.174 e. The predicted octanol–water partition coefficient (Wildman–Crippen LogP) is 6.22. The number of Topliss-reactive ketones (excluding diaryl/α,β-unsaturated/α-hetero) is 1. The molecule has 1 atom stereocenters. The van der Waals surface area contributed by atoms with Gasteiger partial charge in [-0.3, -0.25) is 4.79 Å². The van der Waals surface area contributed by atoms with E-state index in [1.807, 2.05) is 36.4 Å². The number of phenolic OH excluding ortho intramolecular Hbond substituents is 1. The van der Waals surface area contributed by atoms with Gasteiger partial charge in [-0.25, -0.2) is 0 Å². The number of hydrogen-bond donors (Lipinski definition) is 1. The zero-order valence-electron chi connectivity index (χ0n) is 19.8. The molecule has 1 aromatic heterocycles. The van der Waals surface area contributed by atoms with Gasteiger partial charge in [0.05, 0.1) is 10.9 Å². The molecule has 5 heteroatoms. The van der Waals surface area contributed by atoms with Crippen LogP contribution in [0, 0.1) is 0 Å². The number of anilines is 1. The standard InChI is InChI=1S/C31H27NO3S/c33-23-16-14-22(15-17-23)26-28(34)27(29(26)35)30-24(20-10-4-1-5-11-20)25(21-12-6-2-7-13-21)31(36-30)32-18-8-3-9-19-32/h1-2,4-7,10-17,27,33-34H,3,8-9,18-19H2/p-1. The lowest BCUT2D eigenvalue weighted by atomic mass is 9.76. The van der Waals surface area contributed by atoms with Crippen molar-refractivity contribution in [3.63, 3.8) is 0 Å². The van der Waals surface area contributed by atoms with Gasteiger partial charge in [0.2, 0.25) is 0 Å². The molecule has 4 aromatic rings. The topological polar surface area (TPSA) is 63.6 Å². The van der Waals surface area contributed by atoms with Crippen molar-refractivity contribution in [2.45, 2.75) is 25.2 Å². The third-order valence-corrected chi connectivity index (χ3v) is 8.44. The van der Waals surface area contributed by atoms with E-state index in [-0.39, 0.29) is 22.9 Å². The molecule has 3 aromatic carbocycles. The molecule has 0 saturated carbocycles. The van der Waals surface area contributed by atoms with Gasteiger partial charge in [0.1, 0.15) is 5.75 Å². The first-order valence-corrected chi connectivity index (χ1v) is 13.2. The number of thiophene rings is 1. The van der Waals surface area contributed by atoms with Crippen molar-refractivity contribution in [3.05, 3.63) is 101 Å². The van der Waals surface area contributed by atoms with E-state index in [2.05, 4.69) is 29.2 Å². The lowest BCUT2D eigenvalue weighted by Gasteiger charge is -2.37. The molecule has 1 unspecified atom stereocenters. The van der Waals surface area contributed by atoms with E-state index in [4.69, 9.17) is 0 Å². The Hall–Kier alpha value is -3.83. The van der Waals surface area contributed by atoms with E-state index in [1.54, 1.807) is 23.5 Å². The van der Waals surface area contributed by atoms with E-state index in [9.17, 15) is 15.0 Å². The minimum atomic E-state index is -0.796. The van der Waals surface area contributed by atoms with Gasteiger partial charge in [-0.05, 0) is 48.1 Å². The Morgan fingerprint density at radius 2 is 1.33 bits per heavy atom. The highest BCUT2D eigenvalue weighted by atomic mass is 32.1. The number of piperidine rings is 1. The van der Waals surface area contributed by atoms with Crippen LogP contribution in [0.3, 0.4) is 0 Å². The van der Waals surface area contributed by atoms with Crippen molar-refractivity contribution in [2.75, 3.05) is 18.0 Å². The first-order chi connectivity index (χ1) is 17.6. The normalized spacial score (nSPS) is 17.8. The molecule has 1 fully saturated rings. The van der Waals surface area contributed by atoms with Gasteiger partial charge >= 0.3 is 0 Å². The molecule has 6 rings (SSSR count). The van der Waals surface area contributed by atoms with E-state index in [0.29, 0.717) is 5.56 Å². The van der Waals surface area contributed by atoms with Gasteiger partial charge in [-0.2, -0.15) is 0 Å². The molecule has 1 aliphatic heterocycles. The van der Waals surface area contributed by atoms with Gasteiger partial charge in [-0.15, -0.1) is 17.1 Å². The summed E-state index contributed by atoms with van der Waals surface area (Å²) in [5, 5.41) is 24.3. The van der Waals surface area contributed by atoms with Crippen molar-refractivity contribution in [3.8, 4) is 28.0 Å². The van der Waals surface area contributed by atoms with E-state index >= 15 is 0 Å². The minimum Gasteiger partial charge on any atom is -0.874 e. The van der Waals surface area contributed by atoms with E-state index < -0.39 is 5.92 Å². The van der Waals surface area contributed by atoms with Gasteiger partial charge in [0.25, 0.3) is 0 Å². The Morgan fingerprint density at radius 1 is 0.750 bits per heavy atom. The van der Waals surface area contributed by atoms with Crippen molar-refractivity contribution in [1.82, 2.24) is 0 Å². The molecule has 1 saturated heterocycles. The van der Waals surface area contributed by atoms with Crippen LogP contribution in [0.1, 0.15) is 35.6 Å². The van der Waals surface area contributed by atoms with E-state index in [0.717, 1.165) is 58.1 Å². The van der Waals surface area contributed by atoms with Crippen LogP contribution in [0.2, 0.25) is 0 Å². The monoisotopic (exact) mass is 492 g/mol. The second-order valence-corrected chi connectivity index (χ2v) is 10.4. The van der Waals surface area contributed by atoms with Crippen LogP contribution < -0.4 is 10.0 Å². The summed E-state index contributed by atoms with van der Waals surface area (Å²) in [6.07, 6.45) is 3.51. The van der Waals surface area contributed by atoms with Crippen LogP contribution in [0.15, 0.2) is 90.7 Å². The number of carbonyl (C=O) groups is 1. The molecule has 180 valence electrons. The number of carbonyl (C=O) groups excluding carboxylic acids is 1. The largest absolute Gasteiger partial charge is 0.874 e. The van der Waals surface area contributed by atoms with Gasteiger partial charge in [0, 0.05) is 34.7 Å². The molecule has 0 amide bonds. The fourth-order valence-electron chi connectivity index (χ4n) is 5.33. The van der Waals surface area contributed by atoms with Crippen LogP contribution in [0.4, 0.5) is 5.00 Å². The molecule has 1 aliphatic carbocycles. The molecule has 36 heavy (non-hydrogen) atoms. The second kappa shape index (κ2) is 9.32. The SMILES string of the molecule is O=C1C(c2ccc(O)cc2)=C([O-])C1c1sc(N2CCCCC2)c(-c2ccccc2)c1-c1ccccc1. The first kappa shape index (κ1) is 22.6. The molecule has 0 radical (unpaired) electrons. The van der Waals surface area contributed by atoms with Gasteiger partial charge in [-0.1, -0.05) is 72.8 Å². The Kier molecular flexibility index (Phi) is 5.86. The maximum atomic E-state index is 13.5. The van der Waals surface area contributed by atoms with Crippen molar-refractivity contribution < 1.29 is 15.0 Å². The van der Waals surface area contributed by atoms with Crippen LogP contribution in [-0.2, 0) is 4.79 Å². The van der Waals surface area contributed by atoms with Gasteiger partial charge in [0.15, 0.2) is 5.78 Å². The predicted molar refractivity (Wildman–Crippen MR) is 144 cm³/mol. The molecule has 2 aliphatic rings. The van der Waals surface area contributed by atoms with Crippen molar-refractivity contribution in [1.29, 1.82) is 0 Å². The summed E-state index contributed by atoms with van der Waals surface area (Å²) in [6, 6.07) is 26.7. The third kappa shape index (κ3) is 3.80. The number of benzene rings is 3. The number of ketones is 1. The molecule has 1 N–H and O–H groups in total. The highest BCUT2D eigenvalue weighted by molar-refractivity contribution is 7.17. The molecular weight excluding hydrogens is 466 g/mol. The van der Waals surface area contributed by atoms with Crippen molar-refractivity contribution >= 4 is 27.7 Å². The summed E-state index contributed by atoms with van der Waals surface area (Å²) >= 11 is 1.60. The molecule has 0 bridgehead atoms. The number of phenols is 1. The first-order valence-electron chi connectivity index (χ1n) is 12.4. The zero-order chi connectivity index (χ0) is 24.6. The smallest absolute Gasteiger partial charge is 0.174 e. The number of rotatable bonds is 5. The summed E-state index contributed by atoms with van der Waals surface area (Å²) in [5.41, 5.74) is 5.02. The minimum absolute atomic E-state index is 0.110. The fourth-order valence-corrected chi connectivity index (χ4v) is 6.82. The Bertz CT molecular complexity index is 1430. The van der Waals surface area contributed by atoms with Crippen LogP contribution >= 0.6 is 11.3 Å². The molecule has 2 heterocycles. The lowest BCUT2D eigenvalue weighted by Crippen LogP contribution is -2.34. The van der Waals surface area contributed by atoms with E-state index in [1.165, 1.54) is 18.6 Å². The summed E-state index contributed by atoms with van der Waals surface area (Å²) in [6.45, 7) is 1.96. The number of nitrogens with zero attached hydrogens (tertiary/aromatic N) is 1. The Morgan fingerprint density at radius 3 is 1.92 bits per heavy atom. The zero-order valence-corrected chi connectivity index (χ0v) is 20.6. The average Bonchev–Trinajstić information content (AvgIpc) is 3.31. The molecular formula is C31H26NO3S-. The molecule has 0 spiro atoms. The van der Waals surface area contributed by atoms with Crippen LogP contribution in [-0.4, -0.2) is 24.0 Å². The fraction of sp³-hybridized carbons (Fsp3) is 0.194. The lowest BCUT2D eigenvalue weighted by molar-refractivity contribution is -0.309.